The van der Waals surface area contributed by atoms with Crippen molar-refractivity contribution in [2.24, 2.45) is 0 Å². The molecule has 0 amide bonds. The lowest BCUT2D eigenvalue weighted by Crippen LogP contribution is -2.33. The molecule has 2 atom stereocenters. The molecule has 0 spiro atoms. The predicted molar refractivity (Wildman–Crippen MR) is 82.2 cm³/mol. The van der Waals surface area contributed by atoms with Gasteiger partial charge in [0.1, 0.15) is 5.75 Å². The number of benzene rings is 1. The molecule has 20 heavy (non-hydrogen) atoms. The van der Waals surface area contributed by atoms with Gasteiger partial charge >= 0.3 is 0 Å². The van der Waals surface area contributed by atoms with Gasteiger partial charge in [-0.1, -0.05) is 26.0 Å². The van der Waals surface area contributed by atoms with Gasteiger partial charge in [0.05, 0.1) is 18.2 Å². The lowest BCUT2D eigenvalue weighted by atomic mass is 9.99. The van der Waals surface area contributed by atoms with Crippen LogP contribution in [0.5, 0.6) is 5.75 Å². The van der Waals surface area contributed by atoms with Crippen LogP contribution in [0, 0.1) is 0 Å². The molecule has 1 saturated carbocycles. The van der Waals surface area contributed by atoms with Gasteiger partial charge in [-0.25, -0.2) is 0 Å². The lowest BCUT2D eigenvalue weighted by Gasteiger charge is -2.27. The van der Waals surface area contributed by atoms with Gasteiger partial charge in [0.15, 0.2) is 0 Å². The summed E-state index contributed by atoms with van der Waals surface area (Å²) in [4.78, 5) is 0. The van der Waals surface area contributed by atoms with Crippen LogP contribution in [0.3, 0.4) is 0 Å². The average molecular weight is 277 g/mol. The Morgan fingerprint density at radius 2 is 1.85 bits per heavy atom. The van der Waals surface area contributed by atoms with Crippen LogP contribution in [0.4, 0.5) is 0 Å². The molecule has 0 saturated heterocycles. The first kappa shape index (κ1) is 15.3. The highest BCUT2D eigenvalue weighted by Gasteiger charge is 2.24. The third kappa shape index (κ3) is 4.22. The summed E-state index contributed by atoms with van der Waals surface area (Å²) >= 11 is 0. The van der Waals surface area contributed by atoms with Crippen LogP contribution in [0.2, 0.25) is 0 Å². The van der Waals surface area contributed by atoms with Crippen molar-refractivity contribution in [2.45, 2.75) is 58.3 Å². The Bertz CT molecular complexity index is 386. The molecule has 0 aliphatic heterocycles. The van der Waals surface area contributed by atoms with E-state index >= 15 is 0 Å². The second kappa shape index (κ2) is 7.65. The topological polar surface area (TPSA) is 30.5 Å². The molecule has 1 aliphatic carbocycles. The summed E-state index contributed by atoms with van der Waals surface area (Å²) in [6.45, 7) is 8.06. The number of hydrogen-bond acceptors (Lipinski definition) is 3. The summed E-state index contributed by atoms with van der Waals surface area (Å²) in [6.07, 6.45) is 4.08. The van der Waals surface area contributed by atoms with E-state index in [9.17, 15) is 0 Å². The summed E-state index contributed by atoms with van der Waals surface area (Å²) < 4.78 is 11.7. The van der Waals surface area contributed by atoms with Gasteiger partial charge in [-0.2, -0.15) is 0 Å². The van der Waals surface area contributed by atoms with Crippen LogP contribution in [0.15, 0.2) is 24.3 Å². The fourth-order valence-electron chi connectivity index (χ4n) is 2.48. The smallest absolute Gasteiger partial charge is 0.119 e. The van der Waals surface area contributed by atoms with E-state index in [-0.39, 0.29) is 12.1 Å². The van der Waals surface area contributed by atoms with E-state index in [0.29, 0.717) is 6.10 Å². The standard InChI is InChI=1S/C17H27NO2/c1-4-16(19-6-3)17(18-5-2)13-7-9-14(10-8-13)20-15-11-12-15/h7-10,15-18H,4-6,11-12H2,1-3H3. The molecule has 3 nitrogen and oxygen atoms in total. The molecule has 0 heterocycles. The maximum absolute atomic E-state index is 5.87. The van der Waals surface area contributed by atoms with Crippen molar-refractivity contribution in [1.82, 2.24) is 5.32 Å². The average Bonchev–Trinajstić information content (AvgIpc) is 3.28. The molecule has 2 rings (SSSR count). The van der Waals surface area contributed by atoms with Gasteiger partial charge in [0.25, 0.3) is 0 Å². The predicted octanol–water partition coefficient (Wildman–Crippen LogP) is 3.69. The minimum atomic E-state index is 0.218. The van der Waals surface area contributed by atoms with Crippen molar-refractivity contribution in [3.05, 3.63) is 29.8 Å². The maximum Gasteiger partial charge on any atom is 0.119 e. The molecule has 1 aliphatic rings. The quantitative estimate of drug-likeness (QED) is 0.746. The molecule has 0 bridgehead atoms. The molecule has 2 unspecified atom stereocenters. The Balaban J connectivity index is 2.06. The van der Waals surface area contributed by atoms with Gasteiger partial charge in [-0.3, -0.25) is 0 Å². The zero-order chi connectivity index (χ0) is 14.4. The maximum atomic E-state index is 5.87. The highest BCUT2D eigenvalue weighted by molar-refractivity contribution is 5.30. The van der Waals surface area contributed by atoms with E-state index in [2.05, 4.69) is 50.4 Å². The zero-order valence-corrected chi connectivity index (χ0v) is 12.9. The Labute approximate surface area is 122 Å². The third-order valence-electron chi connectivity index (χ3n) is 3.65. The highest BCUT2D eigenvalue weighted by atomic mass is 16.5. The Kier molecular flexibility index (Phi) is 5.86. The zero-order valence-electron chi connectivity index (χ0n) is 12.9. The van der Waals surface area contributed by atoms with Crippen molar-refractivity contribution in [3.8, 4) is 5.75 Å². The van der Waals surface area contributed by atoms with Gasteiger partial charge in [-0.15, -0.1) is 0 Å². The SMILES string of the molecule is CCNC(c1ccc(OC2CC2)cc1)C(CC)OCC. The monoisotopic (exact) mass is 277 g/mol. The van der Waals surface area contributed by atoms with Crippen LogP contribution in [-0.4, -0.2) is 25.4 Å². The lowest BCUT2D eigenvalue weighted by molar-refractivity contribution is 0.0318. The Morgan fingerprint density at radius 1 is 1.15 bits per heavy atom. The van der Waals surface area contributed by atoms with Crippen LogP contribution < -0.4 is 10.1 Å². The van der Waals surface area contributed by atoms with Gasteiger partial charge in [0, 0.05) is 6.61 Å². The summed E-state index contributed by atoms with van der Waals surface area (Å²) in [5.74, 6) is 0.982. The Hall–Kier alpha value is -1.06. The van der Waals surface area contributed by atoms with E-state index in [1.807, 2.05) is 0 Å². The fraction of sp³-hybridized carbons (Fsp3) is 0.647. The van der Waals surface area contributed by atoms with Crippen LogP contribution >= 0.6 is 0 Å². The molecule has 1 aromatic rings. The minimum absolute atomic E-state index is 0.218. The number of nitrogens with one attached hydrogen (secondary N) is 1. The molecule has 3 heteroatoms. The van der Waals surface area contributed by atoms with Gasteiger partial charge < -0.3 is 14.8 Å². The van der Waals surface area contributed by atoms with Crippen molar-refractivity contribution < 1.29 is 9.47 Å². The molecule has 0 aromatic heterocycles. The fourth-order valence-corrected chi connectivity index (χ4v) is 2.48. The largest absolute Gasteiger partial charge is 0.490 e. The summed E-state index contributed by atoms with van der Waals surface area (Å²) in [5, 5.41) is 3.54. The summed E-state index contributed by atoms with van der Waals surface area (Å²) in [7, 11) is 0. The second-order valence-corrected chi connectivity index (χ2v) is 5.32. The van der Waals surface area contributed by atoms with E-state index < -0.39 is 0 Å². The molecule has 1 aromatic carbocycles. The van der Waals surface area contributed by atoms with Crippen molar-refractivity contribution in [3.63, 3.8) is 0 Å². The highest BCUT2D eigenvalue weighted by Crippen LogP contribution is 2.28. The summed E-state index contributed by atoms with van der Waals surface area (Å²) in [6, 6.07) is 8.73. The number of ether oxygens (including phenoxy) is 2. The molecule has 1 fully saturated rings. The molecular weight excluding hydrogens is 250 g/mol. The summed E-state index contributed by atoms with van der Waals surface area (Å²) in [5.41, 5.74) is 1.27. The number of rotatable bonds is 9. The first-order valence-electron chi connectivity index (χ1n) is 7.90. The van der Waals surface area contributed by atoms with Gasteiger partial charge in [0.2, 0.25) is 0 Å². The molecule has 0 radical (unpaired) electrons. The normalized spacial score (nSPS) is 17.8. The van der Waals surface area contributed by atoms with E-state index in [1.54, 1.807) is 0 Å². The van der Waals surface area contributed by atoms with E-state index in [1.165, 1.54) is 18.4 Å². The van der Waals surface area contributed by atoms with E-state index in [0.717, 1.165) is 25.3 Å². The van der Waals surface area contributed by atoms with E-state index in [4.69, 9.17) is 9.47 Å². The van der Waals surface area contributed by atoms with Crippen LogP contribution in [-0.2, 0) is 4.74 Å². The molecule has 112 valence electrons. The van der Waals surface area contributed by atoms with Crippen molar-refractivity contribution in [2.75, 3.05) is 13.2 Å². The van der Waals surface area contributed by atoms with Gasteiger partial charge in [-0.05, 0) is 50.4 Å². The number of hydrogen-bond donors (Lipinski definition) is 1. The van der Waals surface area contributed by atoms with Crippen molar-refractivity contribution >= 4 is 0 Å². The first-order valence-corrected chi connectivity index (χ1v) is 7.90. The first-order chi connectivity index (χ1) is 9.78. The second-order valence-electron chi connectivity index (χ2n) is 5.32. The molecule has 1 N–H and O–H groups in total. The minimum Gasteiger partial charge on any atom is -0.490 e. The third-order valence-corrected chi connectivity index (χ3v) is 3.65. The number of likely N-dealkylation sites (N-methyl/N-ethyl adjacent to an activating group) is 1. The van der Waals surface area contributed by atoms with Crippen LogP contribution in [0.25, 0.3) is 0 Å². The van der Waals surface area contributed by atoms with Crippen LogP contribution in [0.1, 0.15) is 51.6 Å². The Morgan fingerprint density at radius 3 is 2.35 bits per heavy atom. The van der Waals surface area contributed by atoms with Crippen molar-refractivity contribution in [1.29, 1.82) is 0 Å². The molecular formula is C17H27NO2.